The Hall–Kier alpha value is -6.06. The van der Waals surface area contributed by atoms with Crippen LogP contribution in [0.2, 0.25) is 0 Å². The molecule has 1 aliphatic carbocycles. The summed E-state index contributed by atoms with van der Waals surface area (Å²) in [5.74, 6) is 0. The predicted molar refractivity (Wildman–Crippen MR) is 200 cm³/mol. The van der Waals surface area contributed by atoms with Crippen molar-refractivity contribution in [3.8, 4) is 39.2 Å². The van der Waals surface area contributed by atoms with E-state index in [2.05, 4.69) is 163 Å². The molecule has 3 heteroatoms. The summed E-state index contributed by atoms with van der Waals surface area (Å²) in [4.78, 5) is 9.79. The van der Waals surface area contributed by atoms with Gasteiger partial charge in [-0.05, 0) is 69.8 Å². The van der Waals surface area contributed by atoms with Gasteiger partial charge in [0, 0.05) is 44.4 Å². The Balaban J connectivity index is 1.24. The number of aromatic nitrogens is 3. The Kier molecular flexibility index (Phi) is 5.63. The highest BCUT2D eigenvalue weighted by molar-refractivity contribution is 6.19. The summed E-state index contributed by atoms with van der Waals surface area (Å²) in [6.07, 6.45) is 1.84. The van der Waals surface area contributed by atoms with Crippen LogP contribution in [0.3, 0.4) is 0 Å². The molecule has 0 saturated heterocycles. The van der Waals surface area contributed by atoms with Gasteiger partial charge in [0.1, 0.15) is 0 Å². The molecule has 6 aromatic carbocycles. The first-order valence-corrected chi connectivity index (χ1v) is 16.6. The molecule has 3 aromatic heterocycles. The van der Waals surface area contributed by atoms with Crippen LogP contribution in [-0.2, 0) is 5.41 Å². The first-order chi connectivity index (χ1) is 23.6. The molecular formula is C45H31N3. The summed E-state index contributed by atoms with van der Waals surface area (Å²) >= 11 is 0. The summed E-state index contributed by atoms with van der Waals surface area (Å²) < 4.78 is 2.49. The second-order valence-electron chi connectivity index (χ2n) is 13.4. The van der Waals surface area contributed by atoms with Gasteiger partial charge in [0.05, 0.1) is 27.8 Å². The van der Waals surface area contributed by atoms with Gasteiger partial charge in [-0.1, -0.05) is 123 Å². The molecule has 10 rings (SSSR count). The topological polar surface area (TPSA) is 30.7 Å². The molecule has 0 radical (unpaired) electrons. The molecule has 0 unspecified atom stereocenters. The fourth-order valence-corrected chi connectivity index (χ4v) is 8.19. The number of rotatable bonds is 3. The normalized spacial score (nSPS) is 13.4. The van der Waals surface area contributed by atoms with E-state index in [4.69, 9.17) is 4.98 Å². The summed E-state index contributed by atoms with van der Waals surface area (Å²) in [7, 11) is 0. The van der Waals surface area contributed by atoms with Gasteiger partial charge in [0.2, 0.25) is 0 Å². The molecule has 226 valence electrons. The van der Waals surface area contributed by atoms with Crippen molar-refractivity contribution in [1.29, 1.82) is 0 Å². The highest BCUT2D eigenvalue weighted by Crippen LogP contribution is 2.55. The fraction of sp³-hybridized carbons (Fsp3) is 0.0667. The lowest BCUT2D eigenvalue weighted by atomic mass is 9.80. The zero-order valence-corrected chi connectivity index (χ0v) is 26.8. The number of pyridine rings is 2. The molecule has 1 aliphatic rings. The van der Waals surface area contributed by atoms with Crippen molar-refractivity contribution >= 4 is 43.6 Å². The first kappa shape index (κ1) is 27.1. The summed E-state index contributed by atoms with van der Waals surface area (Å²) in [6, 6.07) is 52.7. The minimum atomic E-state index is -0.158. The molecule has 3 nitrogen and oxygen atoms in total. The van der Waals surface area contributed by atoms with Gasteiger partial charge < -0.3 is 4.57 Å². The highest BCUT2D eigenvalue weighted by atomic mass is 15.0. The van der Waals surface area contributed by atoms with Crippen molar-refractivity contribution in [3.63, 3.8) is 0 Å². The smallest absolute Gasteiger partial charge is 0.0972 e. The lowest BCUT2D eigenvalue weighted by Gasteiger charge is -2.24. The Morgan fingerprint density at radius 1 is 0.562 bits per heavy atom. The number of nitrogens with zero attached hydrogens (tertiary/aromatic N) is 3. The van der Waals surface area contributed by atoms with Crippen LogP contribution in [0.5, 0.6) is 0 Å². The molecule has 0 amide bonds. The lowest BCUT2D eigenvalue weighted by molar-refractivity contribution is 0.664. The van der Waals surface area contributed by atoms with Gasteiger partial charge in [-0.15, -0.1) is 0 Å². The first-order valence-electron chi connectivity index (χ1n) is 16.6. The monoisotopic (exact) mass is 613 g/mol. The molecule has 0 spiro atoms. The van der Waals surface area contributed by atoms with Crippen LogP contribution < -0.4 is 0 Å². The maximum absolute atomic E-state index is 5.13. The minimum absolute atomic E-state index is 0.158. The lowest BCUT2D eigenvalue weighted by Crippen LogP contribution is -2.16. The van der Waals surface area contributed by atoms with Crippen LogP contribution >= 0.6 is 0 Å². The number of para-hydroxylation sites is 2. The van der Waals surface area contributed by atoms with Crippen LogP contribution in [0.1, 0.15) is 25.0 Å². The van der Waals surface area contributed by atoms with Crippen molar-refractivity contribution in [2.75, 3.05) is 0 Å². The summed E-state index contributed by atoms with van der Waals surface area (Å²) in [5.41, 5.74) is 15.3. The van der Waals surface area contributed by atoms with Crippen molar-refractivity contribution in [3.05, 3.63) is 163 Å². The van der Waals surface area contributed by atoms with Crippen LogP contribution in [0, 0.1) is 0 Å². The van der Waals surface area contributed by atoms with Gasteiger partial charge in [-0.25, -0.2) is 4.98 Å². The molecule has 48 heavy (non-hydrogen) atoms. The summed E-state index contributed by atoms with van der Waals surface area (Å²) in [5, 5.41) is 4.76. The van der Waals surface area contributed by atoms with Crippen molar-refractivity contribution in [2.45, 2.75) is 19.3 Å². The zero-order chi connectivity index (χ0) is 32.0. The van der Waals surface area contributed by atoms with E-state index in [0.29, 0.717) is 0 Å². The van der Waals surface area contributed by atoms with Gasteiger partial charge >= 0.3 is 0 Å². The maximum atomic E-state index is 5.13. The third kappa shape index (κ3) is 3.76. The van der Waals surface area contributed by atoms with Crippen molar-refractivity contribution in [2.24, 2.45) is 0 Å². The Labute approximate surface area is 278 Å². The molecular weight excluding hydrogens is 583 g/mol. The van der Waals surface area contributed by atoms with Gasteiger partial charge in [-0.2, -0.15) is 0 Å². The number of hydrogen-bond acceptors (Lipinski definition) is 2. The van der Waals surface area contributed by atoms with Gasteiger partial charge in [0.15, 0.2) is 0 Å². The van der Waals surface area contributed by atoms with Crippen LogP contribution in [-0.4, -0.2) is 14.5 Å². The quantitative estimate of drug-likeness (QED) is 0.186. The molecule has 0 bridgehead atoms. The van der Waals surface area contributed by atoms with Crippen LogP contribution in [0.25, 0.3) is 82.8 Å². The molecule has 3 heterocycles. The maximum Gasteiger partial charge on any atom is 0.0972 e. The van der Waals surface area contributed by atoms with E-state index in [9.17, 15) is 0 Å². The van der Waals surface area contributed by atoms with Gasteiger partial charge in [-0.3, -0.25) is 4.98 Å². The second kappa shape index (κ2) is 9.97. The molecule has 0 N–H and O–H groups in total. The van der Waals surface area contributed by atoms with Crippen molar-refractivity contribution in [1.82, 2.24) is 14.5 Å². The Bertz CT molecular complexity index is 2730. The SMILES string of the molecule is CC1(C)c2ccccc2-c2cc(-c3ccc(-c4ccc5ccc6cccnc6c5n4)cc3)c3c4ccccc4n(-c4ccccc4)c3c21. The molecule has 0 atom stereocenters. The molecule has 0 saturated carbocycles. The largest absolute Gasteiger partial charge is 0.309 e. The molecule has 0 aliphatic heterocycles. The number of hydrogen-bond donors (Lipinski definition) is 0. The summed E-state index contributed by atoms with van der Waals surface area (Å²) in [6.45, 7) is 4.77. The van der Waals surface area contributed by atoms with E-state index in [0.717, 1.165) is 33.1 Å². The Morgan fingerprint density at radius 2 is 1.27 bits per heavy atom. The van der Waals surface area contributed by atoms with E-state index in [-0.39, 0.29) is 5.41 Å². The highest BCUT2D eigenvalue weighted by Gasteiger charge is 2.39. The molecule has 0 fully saturated rings. The van der Waals surface area contributed by atoms with E-state index in [1.54, 1.807) is 0 Å². The van der Waals surface area contributed by atoms with Crippen molar-refractivity contribution < 1.29 is 0 Å². The number of fused-ring (bicyclic) bond motifs is 10. The third-order valence-electron chi connectivity index (χ3n) is 10.4. The number of benzene rings is 6. The van der Waals surface area contributed by atoms with Crippen LogP contribution in [0.4, 0.5) is 0 Å². The standard InChI is InChI=1S/C45H31N3/c1-45(2)37-16-8-6-14-33(37)36-27-35(40-34-15-7-9-17-39(34)48(44(40)41(36)45)32-12-4-3-5-13-32)28-18-20-29(21-19-28)38-25-24-31-23-22-30-11-10-26-46-42(30)43(31)47-38/h3-27H,1-2H3. The predicted octanol–water partition coefficient (Wildman–Crippen LogP) is 11.5. The van der Waals surface area contributed by atoms with E-state index in [1.165, 1.54) is 60.9 Å². The van der Waals surface area contributed by atoms with E-state index >= 15 is 0 Å². The zero-order valence-electron chi connectivity index (χ0n) is 26.8. The minimum Gasteiger partial charge on any atom is -0.309 e. The average molecular weight is 614 g/mol. The molecule has 9 aromatic rings. The average Bonchev–Trinajstić information content (AvgIpc) is 3.60. The Morgan fingerprint density at radius 3 is 2.12 bits per heavy atom. The van der Waals surface area contributed by atoms with E-state index < -0.39 is 0 Å². The van der Waals surface area contributed by atoms with Gasteiger partial charge in [0.25, 0.3) is 0 Å². The van der Waals surface area contributed by atoms with E-state index in [1.807, 2.05) is 12.3 Å². The fourth-order valence-electron chi connectivity index (χ4n) is 8.19. The third-order valence-corrected chi connectivity index (χ3v) is 10.4. The van der Waals surface area contributed by atoms with Crippen LogP contribution in [0.15, 0.2) is 152 Å². The second-order valence-corrected chi connectivity index (χ2v) is 13.4.